The van der Waals surface area contributed by atoms with E-state index in [0.29, 0.717) is 0 Å². The molecule has 1 atom stereocenters. The molecule has 3 rings (SSSR count). The van der Waals surface area contributed by atoms with Crippen molar-refractivity contribution in [2.24, 2.45) is 7.05 Å². The van der Waals surface area contributed by atoms with Crippen LogP contribution in [0.25, 0.3) is 0 Å². The summed E-state index contributed by atoms with van der Waals surface area (Å²) in [7, 11) is 5.89. The summed E-state index contributed by atoms with van der Waals surface area (Å²) in [6.45, 7) is 0. The van der Waals surface area contributed by atoms with Gasteiger partial charge in [0, 0.05) is 39.2 Å². The molecule has 1 aromatic carbocycles. The first-order valence-corrected chi connectivity index (χ1v) is 7.65. The van der Waals surface area contributed by atoms with E-state index in [1.165, 1.54) is 6.26 Å². The highest BCUT2D eigenvalue weighted by Crippen LogP contribution is 2.23. The van der Waals surface area contributed by atoms with Crippen LogP contribution in [-0.4, -0.2) is 29.6 Å². The number of nitrogens with zero attached hydrogens (tertiary/aromatic N) is 3. The average molecular weight is 324 g/mol. The van der Waals surface area contributed by atoms with Gasteiger partial charge >= 0.3 is 0 Å². The Hall–Kier alpha value is -3.02. The lowest BCUT2D eigenvalue weighted by Gasteiger charge is -2.20. The molecule has 0 aliphatic rings. The Kier molecular flexibility index (Phi) is 4.37. The molecule has 3 aromatic rings. The van der Waals surface area contributed by atoms with Crippen molar-refractivity contribution in [3.63, 3.8) is 0 Å². The molecule has 6 nitrogen and oxygen atoms in total. The number of aromatic nitrogens is 2. The van der Waals surface area contributed by atoms with Crippen molar-refractivity contribution in [2.45, 2.75) is 6.04 Å². The van der Waals surface area contributed by atoms with Gasteiger partial charge < -0.3 is 19.2 Å². The maximum absolute atomic E-state index is 12.4. The van der Waals surface area contributed by atoms with E-state index in [0.717, 1.165) is 17.1 Å². The van der Waals surface area contributed by atoms with Crippen LogP contribution in [0, 0.1) is 0 Å². The summed E-state index contributed by atoms with van der Waals surface area (Å²) < 4.78 is 7.08. The fourth-order valence-corrected chi connectivity index (χ4v) is 2.53. The van der Waals surface area contributed by atoms with Gasteiger partial charge in [0.1, 0.15) is 11.9 Å². The van der Waals surface area contributed by atoms with Gasteiger partial charge in [0.2, 0.25) is 0 Å². The summed E-state index contributed by atoms with van der Waals surface area (Å²) >= 11 is 0. The lowest BCUT2D eigenvalue weighted by atomic mass is 10.1. The molecule has 0 saturated carbocycles. The van der Waals surface area contributed by atoms with E-state index in [2.05, 4.69) is 10.3 Å². The number of furan rings is 1. The SMILES string of the molecule is CN(C)c1ccc(C(NC(=O)c2ccco2)c2nccn2C)cc1. The number of hydrogen-bond donors (Lipinski definition) is 1. The van der Waals surface area contributed by atoms with Gasteiger partial charge in [-0.05, 0) is 29.8 Å². The molecule has 1 unspecified atom stereocenters. The van der Waals surface area contributed by atoms with Crippen molar-refractivity contribution < 1.29 is 9.21 Å². The number of rotatable bonds is 5. The van der Waals surface area contributed by atoms with Crippen LogP contribution >= 0.6 is 0 Å². The molecular weight excluding hydrogens is 304 g/mol. The van der Waals surface area contributed by atoms with Crippen molar-refractivity contribution in [2.75, 3.05) is 19.0 Å². The van der Waals surface area contributed by atoms with E-state index in [1.54, 1.807) is 18.3 Å². The van der Waals surface area contributed by atoms with E-state index in [9.17, 15) is 4.79 Å². The van der Waals surface area contributed by atoms with E-state index < -0.39 is 0 Å². The van der Waals surface area contributed by atoms with Gasteiger partial charge in [-0.15, -0.1) is 0 Å². The molecule has 0 bridgehead atoms. The van der Waals surface area contributed by atoms with Crippen LogP contribution in [0.5, 0.6) is 0 Å². The quantitative estimate of drug-likeness (QED) is 0.783. The first-order chi connectivity index (χ1) is 11.6. The number of carbonyl (C=O) groups is 1. The highest BCUT2D eigenvalue weighted by molar-refractivity contribution is 5.91. The zero-order chi connectivity index (χ0) is 17.1. The minimum Gasteiger partial charge on any atom is -0.459 e. The largest absolute Gasteiger partial charge is 0.459 e. The number of aryl methyl sites for hydroxylation is 1. The summed E-state index contributed by atoms with van der Waals surface area (Å²) in [6.07, 6.45) is 5.06. The number of anilines is 1. The van der Waals surface area contributed by atoms with E-state index in [4.69, 9.17) is 4.42 Å². The normalized spacial score (nSPS) is 12.0. The number of hydrogen-bond acceptors (Lipinski definition) is 4. The highest BCUT2D eigenvalue weighted by atomic mass is 16.3. The van der Waals surface area contributed by atoms with E-state index in [-0.39, 0.29) is 17.7 Å². The second-order valence-corrected chi connectivity index (χ2v) is 5.77. The van der Waals surface area contributed by atoms with Gasteiger partial charge in [-0.3, -0.25) is 4.79 Å². The minimum absolute atomic E-state index is 0.273. The fraction of sp³-hybridized carbons (Fsp3) is 0.222. The molecule has 0 radical (unpaired) electrons. The monoisotopic (exact) mass is 324 g/mol. The molecule has 0 aliphatic heterocycles. The zero-order valence-electron chi connectivity index (χ0n) is 13.9. The molecule has 0 fully saturated rings. The Morgan fingerprint density at radius 1 is 1.25 bits per heavy atom. The van der Waals surface area contributed by atoms with E-state index in [1.807, 2.05) is 61.1 Å². The molecule has 0 saturated heterocycles. The molecular formula is C18H20N4O2. The summed E-state index contributed by atoms with van der Waals surface area (Å²) in [6, 6.07) is 11.0. The van der Waals surface area contributed by atoms with Crippen molar-refractivity contribution in [1.29, 1.82) is 0 Å². The van der Waals surface area contributed by atoms with Gasteiger partial charge in [-0.25, -0.2) is 4.98 Å². The first-order valence-electron chi connectivity index (χ1n) is 7.65. The van der Waals surface area contributed by atoms with Crippen LogP contribution in [0.4, 0.5) is 5.69 Å². The maximum atomic E-state index is 12.4. The minimum atomic E-state index is -0.362. The van der Waals surface area contributed by atoms with Gasteiger partial charge in [-0.1, -0.05) is 12.1 Å². The Bertz CT molecular complexity index is 804. The maximum Gasteiger partial charge on any atom is 0.287 e. The number of imidazole rings is 1. The van der Waals surface area contributed by atoms with Crippen LogP contribution in [0.1, 0.15) is 28.0 Å². The first kappa shape index (κ1) is 15.9. The predicted molar refractivity (Wildman–Crippen MR) is 92.0 cm³/mol. The molecule has 0 spiro atoms. The average Bonchev–Trinajstić information content (AvgIpc) is 3.24. The van der Waals surface area contributed by atoms with Crippen LogP contribution in [0.3, 0.4) is 0 Å². The second-order valence-electron chi connectivity index (χ2n) is 5.77. The number of amides is 1. The standard InChI is InChI=1S/C18H20N4O2/c1-21(2)14-8-6-13(7-9-14)16(17-19-10-11-22(17)3)20-18(23)15-5-4-12-24-15/h4-12,16H,1-3H3,(H,20,23). The molecule has 0 aliphatic carbocycles. The number of nitrogens with one attached hydrogen (secondary N) is 1. The number of carbonyl (C=O) groups excluding carboxylic acids is 1. The fourth-order valence-electron chi connectivity index (χ4n) is 2.53. The van der Waals surface area contributed by atoms with Crippen molar-refractivity contribution >= 4 is 11.6 Å². The number of benzene rings is 1. The third kappa shape index (κ3) is 3.17. The Labute approximate surface area is 140 Å². The van der Waals surface area contributed by atoms with Gasteiger partial charge in [-0.2, -0.15) is 0 Å². The van der Waals surface area contributed by atoms with Crippen molar-refractivity contribution in [3.8, 4) is 0 Å². The summed E-state index contributed by atoms with van der Waals surface area (Å²) in [5.74, 6) is 0.760. The lowest BCUT2D eigenvalue weighted by molar-refractivity contribution is 0.0913. The van der Waals surface area contributed by atoms with Gasteiger partial charge in [0.05, 0.1) is 6.26 Å². The Balaban J connectivity index is 1.93. The van der Waals surface area contributed by atoms with Crippen LogP contribution < -0.4 is 10.2 Å². The summed E-state index contributed by atoms with van der Waals surface area (Å²) in [5, 5.41) is 3.00. The van der Waals surface area contributed by atoms with Crippen LogP contribution in [0.15, 0.2) is 59.5 Å². The molecule has 6 heteroatoms. The predicted octanol–water partition coefficient (Wildman–Crippen LogP) is 2.60. The highest BCUT2D eigenvalue weighted by Gasteiger charge is 2.22. The van der Waals surface area contributed by atoms with Crippen molar-refractivity contribution in [3.05, 3.63) is 72.2 Å². The molecule has 2 heterocycles. The van der Waals surface area contributed by atoms with E-state index >= 15 is 0 Å². The molecule has 124 valence electrons. The van der Waals surface area contributed by atoms with Crippen LogP contribution in [-0.2, 0) is 7.05 Å². The summed E-state index contributed by atoms with van der Waals surface area (Å²) in [4.78, 5) is 18.8. The second kappa shape index (κ2) is 6.62. The third-order valence-corrected chi connectivity index (χ3v) is 3.88. The lowest BCUT2D eigenvalue weighted by Crippen LogP contribution is -2.30. The molecule has 1 amide bonds. The third-order valence-electron chi connectivity index (χ3n) is 3.88. The Morgan fingerprint density at radius 3 is 2.54 bits per heavy atom. The topological polar surface area (TPSA) is 63.3 Å². The van der Waals surface area contributed by atoms with Crippen LogP contribution in [0.2, 0.25) is 0 Å². The van der Waals surface area contributed by atoms with Crippen molar-refractivity contribution in [1.82, 2.24) is 14.9 Å². The summed E-state index contributed by atoms with van der Waals surface area (Å²) in [5.41, 5.74) is 2.05. The molecule has 1 N–H and O–H groups in total. The molecule has 2 aromatic heterocycles. The smallest absolute Gasteiger partial charge is 0.287 e. The zero-order valence-corrected chi connectivity index (χ0v) is 13.9. The molecule has 24 heavy (non-hydrogen) atoms. The van der Waals surface area contributed by atoms with Gasteiger partial charge in [0.15, 0.2) is 5.76 Å². The Morgan fingerprint density at radius 2 is 2.00 bits per heavy atom. The van der Waals surface area contributed by atoms with Gasteiger partial charge in [0.25, 0.3) is 5.91 Å².